The average molecular weight is 303 g/mol. The number of nitrogens with zero attached hydrogens (tertiary/aromatic N) is 3. The van der Waals surface area contributed by atoms with E-state index in [4.69, 9.17) is 0 Å². The SMILES string of the molecule is O=C(c1nc(-c2ccccc2)c2ccccc2n1)N1CCCC1. The van der Waals surface area contributed by atoms with Crippen LogP contribution in [0.4, 0.5) is 0 Å². The molecule has 2 heterocycles. The smallest absolute Gasteiger partial charge is 0.291 e. The molecule has 1 aliphatic rings. The normalized spacial score (nSPS) is 14.3. The van der Waals surface area contributed by atoms with Crippen molar-refractivity contribution in [3.63, 3.8) is 0 Å². The summed E-state index contributed by atoms with van der Waals surface area (Å²) in [7, 11) is 0. The minimum absolute atomic E-state index is 0.0644. The minimum atomic E-state index is -0.0644. The molecule has 0 unspecified atom stereocenters. The van der Waals surface area contributed by atoms with Gasteiger partial charge in [-0.25, -0.2) is 9.97 Å². The van der Waals surface area contributed by atoms with Gasteiger partial charge >= 0.3 is 0 Å². The van der Waals surface area contributed by atoms with E-state index >= 15 is 0 Å². The van der Waals surface area contributed by atoms with Crippen molar-refractivity contribution in [3.05, 3.63) is 60.4 Å². The van der Waals surface area contributed by atoms with E-state index in [2.05, 4.69) is 9.97 Å². The highest BCUT2D eigenvalue weighted by Gasteiger charge is 2.23. The van der Waals surface area contributed by atoms with E-state index in [0.29, 0.717) is 5.82 Å². The topological polar surface area (TPSA) is 46.1 Å². The molecule has 0 N–H and O–H groups in total. The lowest BCUT2D eigenvalue weighted by Gasteiger charge is -2.15. The maximum atomic E-state index is 12.7. The first-order chi connectivity index (χ1) is 11.3. The van der Waals surface area contributed by atoms with Crippen LogP contribution in [0.1, 0.15) is 23.5 Å². The number of hydrogen-bond acceptors (Lipinski definition) is 3. The Morgan fingerprint density at radius 2 is 1.57 bits per heavy atom. The summed E-state index contributed by atoms with van der Waals surface area (Å²) >= 11 is 0. The number of aromatic nitrogens is 2. The van der Waals surface area contributed by atoms with Crippen LogP contribution in [-0.4, -0.2) is 33.9 Å². The molecule has 4 heteroatoms. The molecule has 3 aromatic rings. The maximum Gasteiger partial charge on any atom is 0.291 e. The van der Waals surface area contributed by atoms with E-state index in [1.807, 2.05) is 59.5 Å². The second-order valence-corrected chi connectivity index (χ2v) is 5.78. The fraction of sp³-hybridized carbons (Fsp3) is 0.211. The molecule has 1 aromatic heterocycles. The zero-order chi connectivity index (χ0) is 15.6. The average Bonchev–Trinajstić information content (AvgIpc) is 3.15. The summed E-state index contributed by atoms with van der Waals surface area (Å²) in [6.45, 7) is 1.60. The number of carbonyl (C=O) groups excluding carboxylic acids is 1. The molecule has 0 radical (unpaired) electrons. The van der Waals surface area contributed by atoms with Crippen molar-refractivity contribution in [2.45, 2.75) is 12.8 Å². The summed E-state index contributed by atoms with van der Waals surface area (Å²) in [4.78, 5) is 23.6. The zero-order valence-electron chi connectivity index (χ0n) is 12.8. The third-order valence-electron chi connectivity index (χ3n) is 4.24. The first kappa shape index (κ1) is 13.9. The number of fused-ring (bicyclic) bond motifs is 1. The lowest BCUT2D eigenvalue weighted by molar-refractivity contribution is 0.0781. The lowest BCUT2D eigenvalue weighted by Crippen LogP contribution is -2.29. The van der Waals surface area contributed by atoms with Crippen LogP contribution in [0.25, 0.3) is 22.2 Å². The number of likely N-dealkylation sites (tertiary alicyclic amines) is 1. The van der Waals surface area contributed by atoms with E-state index in [1.165, 1.54) is 0 Å². The highest BCUT2D eigenvalue weighted by Crippen LogP contribution is 2.26. The molecular formula is C19H17N3O. The van der Waals surface area contributed by atoms with Gasteiger partial charge in [0.1, 0.15) is 0 Å². The van der Waals surface area contributed by atoms with E-state index < -0.39 is 0 Å². The monoisotopic (exact) mass is 303 g/mol. The Kier molecular flexibility index (Phi) is 3.50. The summed E-state index contributed by atoms with van der Waals surface area (Å²) < 4.78 is 0. The maximum absolute atomic E-state index is 12.7. The zero-order valence-corrected chi connectivity index (χ0v) is 12.8. The Morgan fingerprint density at radius 1 is 0.870 bits per heavy atom. The molecule has 23 heavy (non-hydrogen) atoms. The second-order valence-electron chi connectivity index (χ2n) is 5.78. The number of rotatable bonds is 2. The van der Waals surface area contributed by atoms with Crippen LogP contribution < -0.4 is 0 Å². The van der Waals surface area contributed by atoms with Crippen LogP contribution in [-0.2, 0) is 0 Å². The van der Waals surface area contributed by atoms with Gasteiger partial charge in [0.15, 0.2) is 0 Å². The molecule has 114 valence electrons. The van der Waals surface area contributed by atoms with Gasteiger partial charge in [0, 0.05) is 24.0 Å². The van der Waals surface area contributed by atoms with Gasteiger partial charge < -0.3 is 4.90 Å². The van der Waals surface area contributed by atoms with Crippen LogP contribution in [0.15, 0.2) is 54.6 Å². The summed E-state index contributed by atoms with van der Waals surface area (Å²) in [6.07, 6.45) is 2.12. The fourth-order valence-electron chi connectivity index (χ4n) is 3.05. The summed E-state index contributed by atoms with van der Waals surface area (Å²) in [5, 5.41) is 0.969. The second kappa shape index (κ2) is 5.80. The van der Waals surface area contributed by atoms with Crippen LogP contribution in [0.5, 0.6) is 0 Å². The van der Waals surface area contributed by atoms with Gasteiger partial charge in [-0.05, 0) is 18.9 Å². The van der Waals surface area contributed by atoms with E-state index in [9.17, 15) is 4.79 Å². The predicted octanol–water partition coefficient (Wildman–Crippen LogP) is 3.53. The van der Waals surface area contributed by atoms with Crippen molar-refractivity contribution in [2.24, 2.45) is 0 Å². The van der Waals surface area contributed by atoms with Gasteiger partial charge in [0.2, 0.25) is 5.82 Å². The van der Waals surface area contributed by atoms with Crippen molar-refractivity contribution in [1.82, 2.24) is 14.9 Å². The van der Waals surface area contributed by atoms with Crippen molar-refractivity contribution in [1.29, 1.82) is 0 Å². The highest BCUT2D eigenvalue weighted by atomic mass is 16.2. The van der Waals surface area contributed by atoms with Crippen LogP contribution in [0.3, 0.4) is 0 Å². The van der Waals surface area contributed by atoms with Crippen LogP contribution in [0.2, 0.25) is 0 Å². The quantitative estimate of drug-likeness (QED) is 0.727. The molecule has 0 bridgehead atoms. The molecule has 2 aromatic carbocycles. The Hall–Kier alpha value is -2.75. The van der Waals surface area contributed by atoms with Crippen molar-refractivity contribution in [3.8, 4) is 11.3 Å². The standard InChI is InChI=1S/C19H17N3O/c23-19(22-12-6-7-13-22)18-20-16-11-5-4-10-15(16)17(21-18)14-8-2-1-3-9-14/h1-5,8-11H,6-7,12-13H2. The predicted molar refractivity (Wildman–Crippen MR) is 90.1 cm³/mol. The van der Waals surface area contributed by atoms with Gasteiger partial charge in [0.25, 0.3) is 5.91 Å². The first-order valence-electron chi connectivity index (χ1n) is 7.94. The number of hydrogen-bond donors (Lipinski definition) is 0. The Morgan fingerprint density at radius 3 is 2.35 bits per heavy atom. The van der Waals surface area contributed by atoms with E-state index in [0.717, 1.165) is 48.1 Å². The molecule has 1 aliphatic heterocycles. The third-order valence-corrected chi connectivity index (χ3v) is 4.24. The molecule has 4 rings (SSSR count). The third kappa shape index (κ3) is 2.57. The molecule has 0 spiro atoms. The minimum Gasteiger partial charge on any atom is -0.336 e. The molecule has 0 atom stereocenters. The van der Waals surface area contributed by atoms with Crippen molar-refractivity contribution < 1.29 is 4.79 Å². The Balaban J connectivity index is 1.88. The molecule has 0 aliphatic carbocycles. The molecule has 0 saturated carbocycles. The Labute approximate surface area is 134 Å². The number of para-hydroxylation sites is 1. The number of amides is 1. The van der Waals surface area contributed by atoms with E-state index in [-0.39, 0.29) is 5.91 Å². The number of carbonyl (C=O) groups is 1. The van der Waals surface area contributed by atoms with Gasteiger partial charge in [-0.15, -0.1) is 0 Å². The van der Waals surface area contributed by atoms with Crippen molar-refractivity contribution in [2.75, 3.05) is 13.1 Å². The van der Waals surface area contributed by atoms with Crippen LogP contribution in [0, 0.1) is 0 Å². The van der Waals surface area contributed by atoms with Crippen molar-refractivity contribution >= 4 is 16.8 Å². The fourth-order valence-corrected chi connectivity index (χ4v) is 3.05. The van der Waals surface area contributed by atoms with Gasteiger partial charge in [0.05, 0.1) is 11.2 Å². The highest BCUT2D eigenvalue weighted by molar-refractivity contribution is 5.97. The van der Waals surface area contributed by atoms with Gasteiger partial charge in [-0.3, -0.25) is 4.79 Å². The summed E-state index contributed by atoms with van der Waals surface area (Å²) in [5.41, 5.74) is 2.63. The largest absolute Gasteiger partial charge is 0.336 e. The Bertz CT molecular complexity index is 855. The number of benzene rings is 2. The molecule has 1 fully saturated rings. The van der Waals surface area contributed by atoms with E-state index in [1.54, 1.807) is 0 Å². The molecule has 1 saturated heterocycles. The first-order valence-corrected chi connectivity index (χ1v) is 7.94. The van der Waals surface area contributed by atoms with Gasteiger partial charge in [-0.2, -0.15) is 0 Å². The molecule has 4 nitrogen and oxygen atoms in total. The van der Waals surface area contributed by atoms with Gasteiger partial charge in [-0.1, -0.05) is 48.5 Å². The molecular weight excluding hydrogens is 286 g/mol. The summed E-state index contributed by atoms with van der Waals surface area (Å²) in [5.74, 6) is 0.231. The lowest BCUT2D eigenvalue weighted by atomic mass is 10.1. The van der Waals surface area contributed by atoms with Crippen LogP contribution >= 0.6 is 0 Å². The summed E-state index contributed by atoms with van der Waals surface area (Å²) in [6, 6.07) is 17.8. The molecule has 1 amide bonds.